The van der Waals surface area contributed by atoms with Crippen molar-refractivity contribution in [2.75, 3.05) is 0 Å². The van der Waals surface area contributed by atoms with Gasteiger partial charge in [0.15, 0.2) is 0 Å². The largest absolute Gasteiger partial charge is 0.507 e. The molecule has 0 aliphatic heterocycles. The Morgan fingerprint density at radius 3 is 2.59 bits per heavy atom. The van der Waals surface area contributed by atoms with Crippen LogP contribution in [0.2, 0.25) is 0 Å². The molecular formula is C13H11NO3. The molecule has 2 N–H and O–H groups in total. The summed E-state index contributed by atoms with van der Waals surface area (Å²) in [6.07, 6.45) is 1.30. The van der Waals surface area contributed by atoms with Gasteiger partial charge in [0.2, 0.25) is 0 Å². The van der Waals surface area contributed by atoms with Crippen LogP contribution in [-0.2, 0) is 0 Å². The van der Waals surface area contributed by atoms with Gasteiger partial charge in [0, 0.05) is 23.0 Å². The second-order valence-electron chi connectivity index (χ2n) is 3.69. The number of para-hydroxylation sites is 1. The van der Waals surface area contributed by atoms with Crippen LogP contribution in [0.4, 0.5) is 0 Å². The molecule has 0 aliphatic rings. The number of hydrogen-bond donors (Lipinski definition) is 2. The summed E-state index contributed by atoms with van der Waals surface area (Å²) in [5.74, 6) is -1.00. The lowest BCUT2D eigenvalue weighted by Crippen LogP contribution is -2.01. The molecule has 1 heterocycles. The highest BCUT2D eigenvalue weighted by Crippen LogP contribution is 2.31. The van der Waals surface area contributed by atoms with Crippen molar-refractivity contribution in [2.24, 2.45) is 0 Å². The van der Waals surface area contributed by atoms with Crippen molar-refractivity contribution < 1.29 is 15.0 Å². The first-order chi connectivity index (χ1) is 8.09. The molecule has 0 fully saturated rings. The Morgan fingerprint density at radius 2 is 1.94 bits per heavy atom. The number of benzene rings is 1. The Labute approximate surface area is 98.2 Å². The molecule has 4 nitrogen and oxygen atoms in total. The van der Waals surface area contributed by atoms with Crippen molar-refractivity contribution in [3.05, 3.63) is 47.8 Å². The first-order valence-corrected chi connectivity index (χ1v) is 5.08. The van der Waals surface area contributed by atoms with Gasteiger partial charge in [-0.15, -0.1) is 0 Å². The number of phenols is 1. The molecule has 4 heteroatoms. The summed E-state index contributed by atoms with van der Waals surface area (Å²) in [6, 6.07) is 8.29. The molecule has 2 rings (SSSR count). The van der Waals surface area contributed by atoms with Crippen LogP contribution >= 0.6 is 0 Å². The van der Waals surface area contributed by atoms with Crippen LogP contribution in [0, 0.1) is 6.92 Å². The fourth-order valence-electron chi connectivity index (χ4n) is 1.65. The predicted molar refractivity (Wildman–Crippen MR) is 63.0 cm³/mol. The van der Waals surface area contributed by atoms with Crippen LogP contribution in [0.3, 0.4) is 0 Å². The van der Waals surface area contributed by atoms with Gasteiger partial charge in [-0.3, -0.25) is 4.98 Å². The van der Waals surface area contributed by atoms with Crippen LogP contribution in [0.1, 0.15) is 16.1 Å². The summed E-state index contributed by atoms with van der Waals surface area (Å²) in [4.78, 5) is 15.0. The maximum atomic E-state index is 11.1. The average Bonchev–Trinajstić information content (AvgIpc) is 2.29. The number of hydrogen-bond acceptors (Lipinski definition) is 3. The fourth-order valence-corrected chi connectivity index (χ4v) is 1.65. The Hall–Kier alpha value is -2.36. The maximum absolute atomic E-state index is 11.1. The lowest BCUT2D eigenvalue weighted by atomic mass is 10.00. The van der Waals surface area contributed by atoms with Crippen molar-refractivity contribution in [3.8, 4) is 16.9 Å². The zero-order chi connectivity index (χ0) is 12.4. The highest BCUT2D eigenvalue weighted by atomic mass is 16.4. The molecule has 1 aromatic heterocycles. The van der Waals surface area contributed by atoms with Gasteiger partial charge in [0.1, 0.15) is 5.75 Å². The number of nitrogens with zero attached hydrogens (tertiary/aromatic N) is 1. The van der Waals surface area contributed by atoms with E-state index in [0.717, 1.165) is 0 Å². The summed E-state index contributed by atoms with van der Waals surface area (Å²) in [7, 11) is 0. The molecule has 2 aromatic rings. The molecule has 0 unspecified atom stereocenters. The number of aromatic nitrogens is 1. The maximum Gasteiger partial charge on any atom is 0.337 e. The van der Waals surface area contributed by atoms with E-state index in [1.807, 2.05) is 0 Å². The standard InChI is InChI=1S/C13H11NO3/c1-8-6-10(11(7-14-8)13(16)17)9-4-2-3-5-12(9)15/h2-7,15H,1H3,(H,16,17). The highest BCUT2D eigenvalue weighted by molar-refractivity contribution is 5.96. The SMILES string of the molecule is Cc1cc(-c2ccccc2O)c(C(=O)O)cn1. The van der Waals surface area contributed by atoms with E-state index in [1.54, 1.807) is 31.2 Å². The molecule has 1 aromatic carbocycles. The van der Waals surface area contributed by atoms with Gasteiger partial charge in [-0.2, -0.15) is 0 Å². The molecule has 17 heavy (non-hydrogen) atoms. The number of aromatic hydroxyl groups is 1. The minimum atomic E-state index is -1.06. The van der Waals surface area contributed by atoms with E-state index in [0.29, 0.717) is 16.8 Å². The van der Waals surface area contributed by atoms with Gasteiger partial charge in [0.25, 0.3) is 0 Å². The van der Waals surface area contributed by atoms with Crippen LogP contribution in [0.15, 0.2) is 36.5 Å². The first-order valence-electron chi connectivity index (χ1n) is 5.08. The summed E-state index contributed by atoms with van der Waals surface area (Å²) >= 11 is 0. The number of carbonyl (C=O) groups is 1. The van der Waals surface area contributed by atoms with Gasteiger partial charge in [-0.25, -0.2) is 4.79 Å². The fraction of sp³-hybridized carbons (Fsp3) is 0.0769. The van der Waals surface area contributed by atoms with Crippen LogP contribution < -0.4 is 0 Å². The molecule has 0 bridgehead atoms. The summed E-state index contributed by atoms with van der Waals surface area (Å²) < 4.78 is 0. The first kappa shape index (κ1) is 11.1. The second kappa shape index (κ2) is 4.25. The molecule has 0 spiro atoms. The third-order valence-electron chi connectivity index (χ3n) is 2.47. The van der Waals surface area contributed by atoms with Crippen molar-refractivity contribution in [2.45, 2.75) is 6.92 Å². The van der Waals surface area contributed by atoms with Gasteiger partial charge >= 0.3 is 5.97 Å². The summed E-state index contributed by atoms with van der Waals surface area (Å²) in [5, 5.41) is 18.8. The van der Waals surface area contributed by atoms with E-state index in [4.69, 9.17) is 5.11 Å². The van der Waals surface area contributed by atoms with Gasteiger partial charge < -0.3 is 10.2 Å². The Bertz CT molecular complexity index is 579. The van der Waals surface area contributed by atoms with Gasteiger partial charge in [-0.1, -0.05) is 18.2 Å². The molecule has 0 radical (unpaired) electrons. The zero-order valence-corrected chi connectivity index (χ0v) is 9.21. The highest BCUT2D eigenvalue weighted by Gasteiger charge is 2.14. The number of aryl methyl sites for hydroxylation is 1. The van der Waals surface area contributed by atoms with Crippen LogP contribution in [0.25, 0.3) is 11.1 Å². The molecule has 0 amide bonds. The van der Waals surface area contributed by atoms with E-state index in [-0.39, 0.29) is 11.3 Å². The monoisotopic (exact) mass is 229 g/mol. The number of carboxylic acids is 1. The summed E-state index contributed by atoms with van der Waals surface area (Å²) in [6.45, 7) is 1.77. The smallest absolute Gasteiger partial charge is 0.337 e. The average molecular weight is 229 g/mol. The van der Waals surface area contributed by atoms with E-state index < -0.39 is 5.97 Å². The molecule has 0 saturated carbocycles. The topological polar surface area (TPSA) is 70.4 Å². The second-order valence-corrected chi connectivity index (χ2v) is 3.69. The minimum Gasteiger partial charge on any atom is -0.507 e. The quantitative estimate of drug-likeness (QED) is 0.829. The molecular weight excluding hydrogens is 218 g/mol. The van der Waals surface area contributed by atoms with Crippen molar-refractivity contribution in [1.82, 2.24) is 4.98 Å². The minimum absolute atomic E-state index is 0.0561. The normalized spacial score (nSPS) is 10.2. The Balaban J connectivity index is 2.70. The van der Waals surface area contributed by atoms with Crippen molar-refractivity contribution in [1.29, 1.82) is 0 Å². The predicted octanol–water partition coefficient (Wildman–Crippen LogP) is 2.46. The van der Waals surface area contributed by atoms with E-state index in [2.05, 4.69) is 4.98 Å². The number of rotatable bonds is 2. The molecule has 86 valence electrons. The number of pyridine rings is 1. The molecule has 0 saturated heterocycles. The van der Waals surface area contributed by atoms with Crippen molar-refractivity contribution >= 4 is 5.97 Å². The Kier molecular flexibility index (Phi) is 2.78. The van der Waals surface area contributed by atoms with E-state index in [9.17, 15) is 9.90 Å². The summed E-state index contributed by atoms with van der Waals surface area (Å²) in [5.41, 5.74) is 1.75. The third kappa shape index (κ3) is 2.10. The lowest BCUT2D eigenvalue weighted by Gasteiger charge is -2.08. The number of aromatic carboxylic acids is 1. The Morgan fingerprint density at radius 1 is 1.24 bits per heavy atom. The van der Waals surface area contributed by atoms with Crippen LogP contribution in [-0.4, -0.2) is 21.2 Å². The third-order valence-corrected chi connectivity index (χ3v) is 2.47. The van der Waals surface area contributed by atoms with Gasteiger partial charge in [-0.05, 0) is 19.1 Å². The van der Waals surface area contributed by atoms with E-state index >= 15 is 0 Å². The number of phenolic OH excluding ortho intramolecular Hbond substituents is 1. The van der Waals surface area contributed by atoms with E-state index in [1.165, 1.54) is 12.3 Å². The molecule has 0 atom stereocenters. The zero-order valence-electron chi connectivity index (χ0n) is 9.21. The van der Waals surface area contributed by atoms with Crippen LogP contribution in [0.5, 0.6) is 5.75 Å². The van der Waals surface area contributed by atoms with Crippen molar-refractivity contribution in [3.63, 3.8) is 0 Å². The number of carboxylic acid groups (broad SMARTS) is 1. The molecule has 0 aliphatic carbocycles. The van der Waals surface area contributed by atoms with Gasteiger partial charge in [0.05, 0.1) is 5.56 Å². The lowest BCUT2D eigenvalue weighted by molar-refractivity contribution is 0.0697.